The maximum atomic E-state index is 12.6. The van der Waals surface area contributed by atoms with Gasteiger partial charge in [0.25, 0.3) is 0 Å². The van der Waals surface area contributed by atoms with Crippen LogP contribution in [0.1, 0.15) is 18.4 Å². The van der Waals surface area contributed by atoms with Crippen molar-refractivity contribution in [2.75, 3.05) is 13.1 Å². The third-order valence-corrected chi connectivity index (χ3v) is 5.55. The summed E-state index contributed by atoms with van der Waals surface area (Å²) < 4.78 is 6.15. The van der Waals surface area contributed by atoms with Crippen LogP contribution in [0.3, 0.4) is 0 Å². The molecule has 0 bridgehead atoms. The van der Waals surface area contributed by atoms with Gasteiger partial charge in [0, 0.05) is 36.2 Å². The molecule has 158 valence electrons. The molecular weight excluding hydrogens is 454 g/mol. The SMILES string of the molecule is NC1CC(C(=O)NC[C@@H]2CC(Br)=NO2)N(C(=O)OCc2cnc3ccccc3c2)C1. The van der Waals surface area contributed by atoms with Gasteiger partial charge in [-0.2, -0.15) is 0 Å². The summed E-state index contributed by atoms with van der Waals surface area (Å²) in [6, 6.07) is 8.69. The van der Waals surface area contributed by atoms with Gasteiger partial charge in [0.15, 0.2) is 6.10 Å². The summed E-state index contributed by atoms with van der Waals surface area (Å²) in [6.45, 7) is 0.633. The number of likely N-dealkylation sites (tertiary alicyclic amines) is 1. The maximum Gasteiger partial charge on any atom is 0.410 e. The summed E-state index contributed by atoms with van der Waals surface area (Å²) in [4.78, 5) is 36.2. The van der Waals surface area contributed by atoms with Crippen LogP contribution in [-0.4, -0.2) is 57.8 Å². The Bertz CT molecular complexity index is 985. The van der Waals surface area contributed by atoms with Crippen LogP contribution in [0.2, 0.25) is 0 Å². The molecule has 30 heavy (non-hydrogen) atoms. The Kier molecular flexibility index (Phi) is 6.14. The Morgan fingerprint density at radius 1 is 1.37 bits per heavy atom. The average molecular weight is 476 g/mol. The van der Waals surface area contributed by atoms with Crippen molar-refractivity contribution >= 4 is 43.5 Å². The lowest BCUT2D eigenvalue weighted by atomic mass is 10.1. The third kappa shape index (κ3) is 4.71. The number of amides is 2. The molecule has 0 spiro atoms. The van der Waals surface area contributed by atoms with E-state index in [1.54, 1.807) is 6.20 Å². The number of ether oxygens (including phenoxy) is 1. The largest absolute Gasteiger partial charge is 0.444 e. The third-order valence-electron chi connectivity index (χ3n) is 5.08. The van der Waals surface area contributed by atoms with Gasteiger partial charge in [-0.25, -0.2) is 4.79 Å². The summed E-state index contributed by atoms with van der Waals surface area (Å²) in [5.41, 5.74) is 7.66. The minimum atomic E-state index is -0.673. The number of nitrogens with two attached hydrogens (primary N) is 1. The number of aromatic nitrogens is 1. The molecule has 0 radical (unpaired) electrons. The van der Waals surface area contributed by atoms with Gasteiger partial charge >= 0.3 is 6.09 Å². The van der Waals surface area contributed by atoms with E-state index < -0.39 is 12.1 Å². The molecule has 3 N–H and O–H groups in total. The smallest absolute Gasteiger partial charge is 0.410 e. The molecule has 1 fully saturated rings. The fraction of sp³-hybridized carbons (Fsp3) is 0.400. The summed E-state index contributed by atoms with van der Waals surface area (Å²) in [5, 5.41) is 7.57. The predicted octanol–water partition coefficient (Wildman–Crippen LogP) is 1.89. The Hall–Kier alpha value is -2.72. The van der Waals surface area contributed by atoms with Crippen molar-refractivity contribution in [2.45, 2.75) is 37.6 Å². The highest BCUT2D eigenvalue weighted by Gasteiger charge is 2.39. The number of rotatable bonds is 5. The van der Waals surface area contributed by atoms with Crippen molar-refractivity contribution in [3.8, 4) is 0 Å². The molecule has 4 rings (SSSR count). The van der Waals surface area contributed by atoms with E-state index in [9.17, 15) is 9.59 Å². The summed E-state index contributed by atoms with van der Waals surface area (Å²) in [6.07, 6.45) is 1.86. The maximum absolute atomic E-state index is 12.6. The first-order valence-electron chi connectivity index (χ1n) is 9.68. The van der Waals surface area contributed by atoms with Gasteiger partial charge in [0.2, 0.25) is 5.91 Å². The number of benzene rings is 1. The zero-order chi connectivity index (χ0) is 21.1. The predicted molar refractivity (Wildman–Crippen MR) is 114 cm³/mol. The highest BCUT2D eigenvalue weighted by atomic mass is 79.9. The molecule has 3 atom stereocenters. The second-order valence-electron chi connectivity index (χ2n) is 7.40. The van der Waals surface area contributed by atoms with Crippen LogP contribution < -0.4 is 11.1 Å². The number of hydrogen-bond donors (Lipinski definition) is 2. The van der Waals surface area contributed by atoms with E-state index in [1.807, 2.05) is 30.3 Å². The molecule has 3 heterocycles. The van der Waals surface area contributed by atoms with Gasteiger partial charge in [-0.05, 0) is 34.5 Å². The minimum Gasteiger partial charge on any atom is -0.444 e. The first kappa shape index (κ1) is 20.5. The number of nitrogens with one attached hydrogen (secondary N) is 1. The van der Waals surface area contributed by atoms with E-state index in [4.69, 9.17) is 15.3 Å². The Labute approximate surface area is 181 Å². The van der Waals surface area contributed by atoms with Gasteiger partial charge in [0.05, 0.1) is 12.1 Å². The molecular formula is C20H22BrN5O4. The highest BCUT2D eigenvalue weighted by Crippen LogP contribution is 2.20. The number of oxime groups is 1. The lowest BCUT2D eigenvalue weighted by Crippen LogP contribution is -2.47. The number of hydrogen-bond acceptors (Lipinski definition) is 7. The number of halogens is 1. The molecule has 2 aliphatic heterocycles. The second-order valence-corrected chi connectivity index (χ2v) is 8.31. The topological polar surface area (TPSA) is 119 Å². The van der Waals surface area contributed by atoms with Crippen LogP contribution in [0, 0.1) is 0 Å². The van der Waals surface area contributed by atoms with Crippen molar-refractivity contribution in [3.63, 3.8) is 0 Å². The van der Waals surface area contributed by atoms with Crippen LogP contribution in [0.5, 0.6) is 0 Å². The minimum absolute atomic E-state index is 0.0675. The number of pyridine rings is 1. The van der Waals surface area contributed by atoms with Crippen LogP contribution >= 0.6 is 15.9 Å². The van der Waals surface area contributed by atoms with Crippen molar-refractivity contribution in [3.05, 3.63) is 42.1 Å². The number of carbonyl (C=O) groups excluding carboxylic acids is 2. The lowest BCUT2D eigenvalue weighted by Gasteiger charge is -2.23. The normalized spacial score (nSPS) is 23.2. The fourth-order valence-corrected chi connectivity index (χ4v) is 4.02. The quantitative estimate of drug-likeness (QED) is 0.681. The molecule has 10 heteroatoms. The van der Waals surface area contributed by atoms with Gasteiger partial charge in [0.1, 0.15) is 17.3 Å². The molecule has 1 saturated heterocycles. The Morgan fingerprint density at radius 2 is 2.20 bits per heavy atom. The Morgan fingerprint density at radius 3 is 3.00 bits per heavy atom. The average Bonchev–Trinajstić information content (AvgIpc) is 3.35. The molecule has 2 amide bonds. The zero-order valence-electron chi connectivity index (χ0n) is 16.2. The summed E-state index contributed by atoms with van der Waals surface area (Å²) in [7, 11) is 0. The molecule has 1 aromatic carbocycles. The van der Waals surface area contributed by atoms with E-state index >= 15 is 0 Å². The molecule has 2 aliphatic rings. The first-order chi connectivity index (χ1) is 14.5. The van der Waals surface area contributed by atoms with Gasteiger partial charge < -0.3 is 20.6 Å². The van der Waals surface area contributed by atoms with E-state index in [0.717, 1.165) is 16.5 Å². The fourth-order valence-electron chi connectivity index (χ4n) is 3.58. The van der Waals surface area contributed by atoms with Crippen LogP contribution in [0.4, 0.5) is 4.79 Å². The lowest BCUT2D eigenvalue weighted by molar-refractivity contribution is -0.125. The van der Waals surface area contributed by atoms with Crippen molar-refractivity contribution in [1.29, 1.82) is 0 Å². The molecule has 2 aromatic rings. The van der Waals surface area contributed by atoms with E-state index in [1.165, 1.54) is 4.90 Å². The Balaban J connectivity index is 1.33. The van der Waals surface area contributed by atoms with Gasteiger partial charge in [-0.3, -0.25) is 14.7 Å². The number of nitrogens with zero attached hydrogens (tertiary/aromatic N) is 3. The highest BCUT2D eigenvalue weighted by molar-refractivity contribution is 9.18. The van der Waals surface area contributed by atoms with Crippen LogP contribution in [0.25, 0.3) is 10.9 Å². The molecule has 0 saturated carbocycles. The van der Waals surface area contributed by atoms with Gasteiger partial charge in [-0.15, -0.1) is 0 Å². The van der Waals surface area contributed by atoms with Crippen LogP contribution in [-0.2, 0) is 21.0 Å². The standard InChI is InChI=1S/C20H22BrN5O4/c21-18-7-15(30-25-18)9-24-19(27)17-6-14(22)10-26(17)20(28)29-11-12-5-13-3-1-2-4-16(13)23-8-12/h1-5,8,14-15,17H,6-7,9-11,22H2,(H,24,27)/t14?,15-,17?/m0/s1. The van der Waals surface area contributed by atoms with E-state index in [0.29, 0.717) is 24.0 Å². The molecule has 9 nitrogen and oxygen atoms in total. The summed E-state index contributed by atoms with van der Waals surface area (Å²) in [5.74, 6) is -0.279. The first-order valence-corrected chi connectivity index (χ1v) is 10.5. The van der Waals surface area contributed by atoms with Crippen molar-refractivity contribution in [2.24, 2.45) is 10.9 Å². The number of fused-ring (bicyclic) bond motifs is 1. The molecule has 2 unspecified atom stereocenters. The van der Waals surface area contributed by atoms with E-state index in [-0.39, 0.29) is 31.2 Å². The summed E-state index contributed by atoms with van der Waals surface area (Å²) >= 11 is 3.26. The van der Waals surface area contributed by atoms with E-state index in [2.05, 4.69) is 31.4 Å². The molecule has 1 aromatic heterocycles. The van der Waals surface area contributed by atoms with Gasteiger partial charge in [-0.1, -0.05) is 23.4 Å². The van der Waals surface area contributed by atoms with Crippen molar-refractivity contribution < 1.29 is 19.2 Å². The van der Waals surface area contributed by atoms with Crippen molar-refractivity contribution in [1.82, 2.24) is 15.2 Å². The monoisotopic (exact) mass is 475 g/mol. The van der Waals surface area contributed by atoms with Crippen LogP contribution in [0.15, 0.2) is 41.7 Å². The second kappa shape index (κ2) is 8.97. The number of para-hydroxylation sites is 1. The zero-order valence-corrected chi connectivity index (χ0v) is 17.7. The number of carbonyl (C=O) groups is 2. The molecule has 0 aliphatic carbocycles.